The third-order valence-corrected chi connectivity index (χ3v) is 5.92. The van der Waals surface area contributed by atoms with Crippen LogP contribution in [0.2, 0.25) is 0 Å². The number of hydrogen-bond acceptors (Lipinski definition) is 9. The Balaban J connectivity index is 1.87. The molecule has 39 heavy (non-hydrogen) atoms. The lowest BCUT2D eigenvalue weighted by atomic mass is 9.98. The van der Waals surface area contributed by atoms with Crippen LogP contribution in [0.4, 0.5) is 36.7 Å². The SMILES string of the molecule is CC(C)C[C@@H](Nc1nc(Nc2cc(N3CCOCC3)ncc2F)c(C#N)cc1F)[C@H](C)NC(=O)OC(C)(C)C. The Bertz CT molecular complexity index is 1190. The third kappa shape index (κ3) is 8.64. The Morgan fingerprint density at radius 1 is 1.18 bits per heavy atom. The number of hydrogen-bond donors (Lipinski definition) is 3. The van der Waals surface area contributed by atoms with Gasteiger partial charge in [-0.25, -0.2) is 23.5 Å². The molecule has 3 N–H and O–H groups in total. The number of rotatable bonds is 9. The molecule has 2 aromatic heterocycles. The normalized spacial score (nSPS) is 15.3. The summed E-state index contributed by atoms with van der Waals surface area (Å²) < 4.78 is 40.5. The van der Waals surface area contributed by atoms with Crippen molar-refractivity contribution in [3.8, 4) is 6.07 Å². The number of amides is 1. The van der Waals surface area contributed by atoms with Gasteiger partial charge in [-0.3, -0.25) is 0 Å². The van der Waals surface area contributed by atoms with E-state index in [4.69, 9.17) is 9.47 Å². The van der Waals surface area contributed by atoms with Gasteiger partial charge < -0.3 is 30.3 Å². The fourth-order valence-corrected chi connectivity index (χ4v) is 4.05. The van der Waals surface area contributed by atoms with Gasteiger partial charge in [0.05, 0.1) is 30.7 Å². The van der Waals surface area contributed by atoms with Gasteiger partial charge in [0.25, 0.3) is 0 Å². The molecular weight excluding hydrogens is 508 g/mol. The predicted octanol–water partition coefficient (Wildman–Crippen LogP) is 4.95. The molecule has 3 heterocycles. The molecule has 0 aliphatic carbocycles. The number of aromatic nitrogens is 2. The van der Waals surface area contributed by atoms with E-state index in [2.05, 4.69) is 25.9 Å². The van der Waals surface area contributed by atoms with Gasteiger partial charge >= 0.3 is 6.09 Å². The number of morpholine rings is 1. The minimum atomic E-state index is -0.750. The summed E-state index contributed by atoms with van der Waals surface area (Å²) in [4.78, 5) is 22.8. The lowest BCUT2D eigenvalue weighted by molar-refractivity contribution is 0.0501. The first-order chi connectivity index (χ1) is 18.4. The van der Waals surface area contributed by atoms with Crippen LogP contribution in [0.25, 0.3) is 0 Å². The average Bonchev–Trinajstić information content (AvgIpc) is 2.85. The largest absolute Gasteiger partial charge is 0.444 e. The summed E-state index contributed by atoms with van der Waals surface area (Å²) in [6, 6.07) is 3.59. The number of pyridine rings is 2. The molecule has 12 heteroatoms. The van der Waals surface area contributed by atoms with E-state index in [1.807, 2.05) is 24.8 Å². The van der Waals surface area contributed by atoms with E-state index in [-0.39, 0.29) is 28.8 Å². The number of carbonyl (C=O) groups is 1. The van der Waals surface area contributed by atoms with Crippen LogP contribution in [-0.2, 0) is 9.47 Å². The maximum absolute atomic E-state index is 15.1. The molecule has 0 unspecified atom stereocenters. The summed E-state index contributed by atoms with van der Waals surface area (Å²) in [5, 5.41) is 18.3. The number of anilines is 4. The van der Waals surface area contributed by atoms with Crippen LogP contribution in [0.5, 0.6) is 0 Å². The minimum Gasteiger partial charge on any atom is -0.444 e. The van der Waals surface area contributed by atoms with Crippen molar-refractivity contribution in [2.45, 2.75) is 65.6 Å². The van der Waals surface area contributed by atoms with Crippen molar-refractivity contribution in [1.29, 1.82) is 5.26 Å². The Labute approximate surface area is 228 Å². The van der Waals surface area contributed by atoms with Crippen LogP contribution in [0, 0.1) is 28.9 Å². The molecule has 212 valence electrons. The van der Waals surface area contributed by atoms with Gasteiger partial charge in [-0.15, -0.1) is 0 Å². The Hall–Kier alpha value is -3.72. The number of carbonyl (C=O) groups excluding carboxylic acids is 1. The van der Waals surface area contributed by atoms with E-state index in [1.54, 1.807) is 27.7 Å². The molecule has 0 saturated carbocycles. The number of nitriles is 1. The highest BCUT2D eigenvalue weighted by atomic mass is 19.1. The summed E-state index contributed by atoms with van der Waals surface area (Å²) in [5.74, 6) is -0.809. The Morgan fingerprint density at radius 3 is 2.49 bits per heavy atom. The summed E-state index contributed by atoms with van der Waals surface area (Å²) in [6.45, 7) is 13.4. The zero-order valence-electron chi connectivity index (χ0n) is 23.3. The fraction of sp³-hybridized carbons (Fsp3) is 0.556. The highest BCUT2D eigenvalue weighted by Crippen LogP contribution is 2.28. The molecular formula is C27H37F2N7O3. The number of ether oxygens (including phenoxy) is 2. The highest BCUT2D eigenvalue weighted by molar-refractivity contribution is 5.69. The number of halogens is 2. The second-order valence-corrected chi connectivity index (χ2v) is 10.9. The monoisotopic (exact) mass is 545 g/mol. The summed E-state index contributed by atoms with van der Waals surface area (Å²) in [6.07, 6.45) is 1.07. The fourth-order valence-electron chi connectivity index (χ4n) is 4.05. The Morgan fingerprint density at radius 2 is 1.87 bits per heavy atom. The molecule has 1 aliphatic heterocycles. The van der Waals surface area contributed by atoms with Crippen molar-refractivity contribution >= 4 is 29.2 Å². The molecule has 0 bridgehead atoms. The number of alkyl carbamates (subject to hydrolysis) is 1. The molecule has 1 fully saturated rings. The van der Waals surface area contributed by atoms with Gasteiger partial charge in [-0.2, -0.15) is 5.26 Å². The van der Waals surface area contributed by atoms with E-state index < -0.39 is 35.4 Å². The predicted molar refractivity (Wildman–Crippen MR) is 145 cm³/mol. The van der Waals surface area contributed by atoms with Crippen molar-refractivity contribution in [2.24, 2.45) is 5.92 Å². The summed E-state index contributed by atoms with van der Waals surface area (Å²) >= 11 is 0. The van der Waals surface area contributed by atoms with E-state index >= 15 is 4.39 Å². The van der Waals surface area contributed by atoms with Crippen LogP contribution in [-0.4, -0.2) is 60.0 Å². The van der Waals surface area contributed by atoms with Gasteiger partial charge in [0.1, 0.15) is 17.5 Å². The maximum atomic E-state index is 15.1. The molecule has 3 rings (SSSR count). The van der Waals surface area contributed by atoms with E-state index in [9.17, 15) is 14.4 Å². The molecule has 1 aliphatic rings. The zero-order valence-corrected chi connectivity index (χ0v) is 23.3. The van der Waals surface area contributed by atoms with E-state index in [1.165, 1.54) is 6.07 Å². The van der Waals surface area contributed by atoms with Crippen LogP contribution in [0.3, 0.4) is 0 Å². The first-order valence-electron chi connectivity index (χ1n) is 13.0. The standard InChI is InChI=1S/C27H37F2N7O3/c1-16(2)11-21(17(3)32-26(37)39-27(4,5)6)33-25-19(28)12-18(14-30)24(35-25)34-22-13-23(31-15-20(22)29)36-7-9-38-10-8-36/h12-13,15-17,21H,7-11H2,1-6H3,(H,32,37)(H2,31,33,34,35)/t17-,21+/m0/s1. The second-order valence-electron chi connectivity index (χ2n) is 10.9. The molecule has 0 spiro atoms. The van der Waals surface area contributed by atoms with Gasteiger partial charge in [-0.05, 0) is 46.1 Å². The minimum absolute atomic E-state index is 0.0181. The van der Waals surface area contributed by atoms with Crippen LogP contribution >= 0.6 is 0 Å². The quantitative estimate of drug-likeness (QED) is 0.402. The van der Waals surface area contributed by atoms with Crippen LogP contribution < -0.4 is 20.9 Å². The van der Waals surface area contributed by atoms with E-state index in [0.29, 0.717) is 38.5 Å². The molecule has 0 aromatic carbocycles. The number of nitrogens with one attached hydrogen (secondary N) is 3. The lowest BCUT2D eigenvalue weighted by Gasteiger charge is -2.29. The Kier molecular flexibility index (Phi) is 9.86. The first-order valence-corrected chi connectivity index (χ1v) is 13.0. The van der Waals surface area contributed by atoms with Gasteiger partial charge in [0.2, 0.25) is 0 Å². The summed E-state index contributed by atoms with van der Waals surface area (Å²) in [7, 11) is 0. The second kappa shape index (κ2) is 12.9. The smallest absolute Gasteiger partial charge is 0.407 e. The van der Waals surface area contributed by atoms with Crippen molar-refractivity contribution in [3.63, 3.8) is 0 Å². The average molecular weight is 546 g/mol. The third-order valence-electron chi connectivity index (χ3n) is 5.92. The van der Waals surface area contributed by atoms with Crippen LogP contribution in [0.1, 0.15) is 53.5 Å². The molecule has 0 radical (unpaired) electrons. The summed E-state index contributed by atoms with van der Waals surface area (Å²) in [5.41, 5.74) is -0.718. The van der Waals surface area contributed by atoms with Crippen molar-refractivity contribution in [1.82, 2.24) is 15.3 Å². The van der Waals surface area contributed by atoms with Gasteiger partial charge in [0, 0.05) is 31.2 Å². The highest BCUT2D eigenvalue weighted by Gasteiger charge is 2.26. The van der Waals surface area contributed by atoms with Gasteiger partial charge in [0.15, 0.2) is 23.3 Å². The number of nitrogens with zero attached hydrogens (tertiary/aromatic N) is 4. The maximum Gasteiger partial charge on any atom is 0.407 e. The molecule has 1 amide bonds. The van der Waals surface area contributed by atoms with Crippen molar-refractivity contribution in [2.75, 3.05) is 41.8 Å². The molecule has 2 aromatic rings. The van der Waals surface area contributed by atoms with E-state index in [0.717, 1.165) is 12.3 Å². The molecule has 1 saturated heterocycles. The lowest BCUT2D eigenvalue weighted by Crippen LogP contribution is -2.47. The van der Waals surface area contributed by atoms with Crippen molar-refractivity contribution < 1.29 is 23.0 Å². The van der Waals surface area contributed by atoms with Crippen LogP contribution in [0.15, 0.2) is 18.3 Å². The topological polar surface area (TPSA) is 124 Å². The van der Waals surface area contributed by atoms with Crippen molar-refractivity contribution in [3.05, 3.63) is 35.5 Å². The molecule has 2 atom stereocenters. The zero-order chi connectivity index (χ0) is 28.7. The first kappa shape index (κ1) is 29.8. The molecule has 10 nitrogen and oxygen atoms in total. The van der Waals surface area contributed by atoms with Gasteiger partial charge in [-0.1, -0.05) is 13.8 Å².